The van der Waals surface area contributed by atoms with Crippen LogP contribution in [0, 0.1) is 0 Å². The number of nitrogens with zero attached hydrogens (tertiary/aromatic N) is 1. The smallest absolute Gasteiger partial charge is 0.335 e. The number of carbonyl (C=O) groups excluding carboxylic acids is 1. The van der Waals surface area contributed by atoms with E-state index in [9.17, 15) is 14.7 Å². The Labute approximate surface area is 168 Å². The van der Waals surface area contributed by atoms with Crippen molar-refractivity contribution in [3.05, 3.63) is 47.5 Å². The van der Waals surface area contributed by atoms with E-state index in [4.69, 9.17) is 5.11 Å². The van der Waals surface area contributed by atoms with Gasteiger partial charge in [0.15, 0.2) is 0 Å². The minimum Gasteiger partial charge on any atom is -0.478 e. The first-order chi connectivity index (χ1) is 13.4. The number of aliphatic hydroxyl groups is 1. The molecule has 0 spiro atoms. The van der Waals surface area contributed by atoms with Crippen LogP contribution in [0.15, 0.2) is 36.4 Å². The molecule has 1 unspecified atom stereocenters. The van der Waals surface area contributed by atoms with Crippen molar-refractivity contribution in [1.29, 1.82) is 0 Å². The van der Waals surface area contributed by atoms with E-state index in [0.717, 1.165) is 37.7 Å². The van der Waals surface area contributed by atoms with Crippen LogP contribution >= 0.6 is 0 Å². The van der Waals surface area contributed by atoms with Crippen LogP contribution in [0.4, 0.5) is 0 Å². The summed E-state index contributed by atoms with van der Waals surface area (Å²) in [6, 6.07) is 6.90. The second-order valence-corrected chi connectivity index (χ2v) is 7.76. The molecule has 1 aliphatic rings. The van der Waals surface area contributed by atoms with Crippen LogP contribution in [-0.4, -0.2) is 45.2 Å². The van der Waals surface area contributed by atoms with Crippen molar-refractivity contribution in [2.24, 2.45) is 0 Å². The molecule has 1 aromatic rings. The first-order valence-electron chi connectivity index (χ1n) is 10.4. The van der Waals surface area contributed by atoms with Crippen LogP contribution in [0.25, 0.3) is 0 Å². The SMILES string of the molecule is CCCC[C@@](O)(CC)CC=CC1CCC(=O)N1CCc1ccc(C(=O)O)cc1. The summed E-state index contributed by atoms with van der Waals surface area (Å²) in [6.45, 7) is 4.77. The zero-order valence-corrected chi connectivity index (χ0v) is 17.1. The Morgan fingerprint density at radius 1 is 1.29 bits per heavy atom. The number of hydrogen-bond acceptors (Lipinski definition) is 3. The second-order valence-electron chi connectivity index (χ2n) is 7.76. The van der Waals surface area contributed by atoms with Crippen LogP contribution in [0.1, 0.15) is 74.7 Å². The molecule has 1 saturated heterocycles. The fourth-order valence-electron chi connectivity index (χ4n) is 3.68. The zero-order chi connectivity index (χ0) is 20.6. The van der Waals surface area contributed by atoms with Gasteiger partial charge in [0, 0.05) is 13.0 Å². The summed E-state index contributed by atoms with van der Waals surface area (Å²) >= 11 is 0. The molecule has 0 aromatic heterocycles. The molecule has 0 bridgehead atoms. The summed E-state index contributed by atoms with van der Waals surface area (Å²) in [5.41, 5.74) is 0.645. The highest BCUT2D eigenvalue weighted by Gasteiger charge is 2.29. The lowest BCUT2D eigenvalue weighted by Crippen LogP contribution is -2.34. The standard InChI is InChI=1S/C23H33NO4/c1-3-5-15-23(28,4-2)16-6-7-20-12-13-21(25)24(20)17-14-18-8-10-19(11-9-18)22(26)27/h6-11,20,28H,3-5,12-17H2,1-2H3,(H,26,27)/t20?,23-/m0/s1. The van der Waals surface area contributed by atoms with Crippen LogP contribution in [0.5, 0.6) is 0 Å². The molecule has 5 nitrogen and oxygen atoms in total. The van der Waals surface area contributed by atoms with Crippen molar-refractivity contribution < 1.29 is 19.8 Å². The van der Waals surface area contributed by atoms with Gasteiger partial charge in [0.1, 0.15) is 0 Å². The first-order valence-corrected chi connectivity index (χ1v) is 10.4. The largest absolute Gasteiger partial charge is 0.478 e. The van der Waals surface area contributed by atoms with Crippen LogP contribution in [0.2, 0.25) is 0 Å². The van der Waals surface area contributed by atoms with E-state index in [2.05, 4.69) is 13.0 Å². The Balaban J connectivity index is 1.92. The van der Waals surface area contributed by atoms with E-state index < -0.39 is 11.6 Å². The van der Waals surface area contributed by atoms with Gasteiger partial charge >= 0.3 is 5.97 Å². The third-order valence-electron chi connectivity index (χ3n) is 5.73. The lowest BCUT2D eigenvalue weighted by Gasteiger charge is -2.26. The van der Waals surface area contributed by atoms with Crippen molar-refractivity contribution in [3.63, 3.8) is 0 Å². The molecule has 1 amide bonds. The van der Waals surface area contributed by atoms with Crippen molar-refractivity contribution in [3.8, 4) is 0 Å². The predicted molar refractivity (Wildman–Crippen MR) is 110 cm³/mol. The van der Waals surface area contributed by atoms with E-state index in [-0.39, 0.29) is 17.5 Å². The highest BCUT2D eigenvalue weighted by molar-refractivity contribution is 5.87. The summed E-state index contributed by atoms with van der Waals surface area (Å²) in [6.07, 6.45) is 10.4. The van der Waals surface area contributed by atoms with Gasteiger partial charge in [0.25, 0.3) is 0 Å². The fourth-order valence-corrected chi connectivity index (χ4v) is 3.68. The maximum Gasteiger partial charge on any atom is 0.335 e. The van der Waals surface area contributed by atoms with Crippen LogP contribution < -0.4 is 0 Å². The van der Waals surface area contributed by atoms with Gasteiger partial charge < -0.3 is 15.1 Å². The third kappa shape index (κ3) is 6.20. The molecule has 2 rings (SSSR count). The Kier molecular flexibility index (Phi) is 8.24. The van der Waals surface area contributed by atoms with E-state index >= 15 is 0 Å². The highest BCUT2D eigenvalue weighted by Crippen LogP contribution is 2.25. The molecule has 1 fully saturated rings. The number of carbonyl (C=O) groups is 2. The molecule has 0 radical (unpaired) electrons. The molecule has 28 heavy (non-hydrogen) atoms. The van der Waals surface area contributed by atoms with Gasteiger partial charge in [-0.2, -0.15) is 0 Å². The van der Waals surface area contributed by atoms with Gasteiger partial charge in [-0.15, -0.1) is 0 Å². The quantitative estimate of drug-likeness (QED) is 0.558. The number of carboxylic acid groups (broad SMARTS) is 1. The summed E-state index contributed by atoms with van der Waals surface area (Å²) in [5.74, 6) is -0.772. The Hall–Kier alpha value is -2.14. The van der Waals surface area contributed by atoms with Gasteiger partial charge in [-0.25, -0.2) is 4.79 Å². The molecular formula is C23H33NO4. The van der Waals surface area contributed by atoms with Gasteiger partial charge in [-0.1, -0.05) is 51.0 Å². The summed E-state index contributed by atoms with van der Waals surface area (Å²) in [4.78, 5) is 25.1. The van der Waals surface area contributed by atoms with Gasteiger partial charge in [0.2, 0.25) is 5.91 Å². The lowest BCUT2D eigenvalue weighted by atomic mass is 9.90. The average molecular weight is 388 g/mol. The maximum atomic E-state index is 12.3. The second kappa shape index (κ2) is 10.4. The highest BCUT2D eigenvalue weighted by atomic mass is 16.4. The van der Waals surface area contributed by atoms with E-state index in [1.807, 2.05) is 30.0 Å². The molecule has 1 aliphatic heterocycles. The molecule has 1 heterocycles. The van der Waals surface area contributed by atoms with Crippen LogP contribution in [0.3, 0.4) is 0 Å². The maximum absolute atomic E-state index is 12.3. The van der Waals surface area contributed by atoms with Crippen molar-refractivity contribution in [2.75, 3.05) is 6.54 Å². The number of unbranched alkanes of at least 4 members (excludes halogenated alkanes) is 1. The number of benzene rings is 1. The monoisotopic (exact) mass is 387 g/mol. The number of amides is 1. The third-order valence-corrected chi connectivity index (χ3v) is 5.73. The minimum absolute atomic E-state index is 0.0816. The van der Waals surface area contributed by atoms with Gasteiger partial charge in [0.05, 0.1) is 17.2 Å². The average Bonchev–Trinajstić information content (AvgIpc) is 3.04. The Morgan fingerprint density at radius 3 is 2.61 bits per heavy atom. The van der Waals surface area contributed by atoms with Crippen molar-refractivity contribution >= 4 is 11.9 Å². The summed E-state index contributed by atoms with van der Waals surface area (Å²) in [5, 5.41) is 19.7. The Bertz CT molecular complexity index is 682. The van der Waals surface area contributed by atoms with Crippen molar-refractivity contribution in [1.82, 2.24) is 4.90 Å². The summed E-state index contributed by atoms with van der Waals surface area (Å²) in [7, 11) is 0. The molecular weight excluding hydrogens is 354 g/mol. The normalized spacial score (nSPS) is 19.3. The predicted octanol–water partition coefficient (Wildman–Crippen LogP) is 4.20. The van der Waals surface area contributed by atoms with E-state index in [1.54, 1.807) is 12.1 Å². The topological polar surface area (TPSA) is 77.8 Å². The number of carboxylic acids is 1. The van der Waals surface area contributed by atoms with E-state index in [1.165, 1.54) is 0 Å². The number of likely N-dealkylation sites (tertiary alicyclic amines) is 1. The van der Waals surface area contributed by atoms with Crippen LogP contribution in [-0.2, 0) is 11.2 Å². The van der Waals surface area contributed by atoms with Gasteiger partial charge in [-0.05, 0) is 49.8 Å². The lowest BCUT2D eigenvalue weighted by molar-refractivity contribution is -0.128. The van der Waals surface area contributed by atoms with Gasteiger partial charge in [-0.3, -0.25) is 4.79 Å². The number of hydrogen-bond donors (Lipinski definition) is 2. The molecule has 1 aromatic carbocycles. The first kappa shape index (κ1) is 22.2. The number of rotatable bonds is 11. The zero-order valence-electron chi connectivity index (χ0n) is 17.1. The van der Waals surface area contributed by atoms with E-state index in [0.29, 0.717) is 25.8 Å². The minimum atomic E-state index is -0.933. The fraction of sp³-hybridized carbons (Fsp3) is 0.565. The molecule has 2 N–H and O–H groups in total. The molecule has 154 valence electrons. The molecule has 2 atom stereocenters. The molecule has 0 saturated carbocycles. The number of aromatic carboxylic acids is 1. The molecule has 5 heteroatoms. The summed E-state index contributed by atoms with van der Waals surface area (Å²) < 4.78 is 0. The Morgan fingerprint density at radius 2 is 2.00 bits per heavy atom. The molecule has 0 aliphatic carbocycles. The van der Waals surface area contributed by atoms with Crippen molar-refractivity contribution in [2.45, 2.75) is 76.9 Å².